The summed E-state index contributed by atoms with van der Waals surface area (Å²) in [6.45, 7) is 0. The van der Waals surface area contributed by atoms with E-state index in [-0.39, 0.29) is 17.2 Å². The molecule has 0 spiro atoms. The van der Waals surface area contributed by atoms with E-state index in [0.717, 1.165) is 12.1 Å². The number of ether oxygens (including phenoxy) is 2. The summed E-state index contributed by atoms with van der Waals surface area (Å²) >= 11 is 0. The highest BCUT2D eigenvalue weighted by atomic mass is 16.5. The molecule has 0 amide bonds. The Hall–Kier alpha value is -1.58. The molecule has 4 nitrogen and oxygen atoms in total. The predicted octanol–water partition coefficient (Wildman–Crippen LogP) is 0.921. The van der Waals surface area contributed by atoms with Crippen LogP contribution in [0.1, 0.15) is 0 Å². The molecule has 0 N–H and O–H groups in total. The predicted molar refractivity (Wildman–Crippen MR) is 39.1 cm³/mol. The van der Waals surface area contributed by atoms with Crippen LogP contribution in [0.5, 0.6) is 23.0 Å². The van der Waals surface area contributed by atoms with Gasteiger partial charge in [0.1, 0.15) is 0 Å². The van der Waals surface area contributed by atoms with E-state index in [1.165, 1.54) is 14.2 Å². The molecule has 1 aromatic rings. The second-order valence-electron chi connectivity index (χ2n) is 2.16. The van der Waals surface area contributed by atoms with E-state index < -0.39 is 5.75 Å². The summed E-state index contributed by atoms with van der Waals surface area (Å²) in [6.07, 6.45) is 0. The highest BCUT2D eigenvalue weighted by Crippen LogP contribution is 2.38. The first kappa shape index (κ1) is 8.52. The summed E-state index contributed by atoms with van der Waals surface area (Å²) in [5, 5.41) is 22.1. The van der Waals surface area contributed by atoms with Gasteiger partial charge in [0.15, 0.2) is 11.5 Å². The van der Waals surface area contributed by atoms with Crippen molar-refractivity contribution in [3.63, 3.8) is 0 Å². The summed E-state index contributed by atoms with van der Waals surface area (Å²) in [4.78, 5) is 0. The van der Waals surface area contributed by atoms with E-state index in [1.54, 1.807) is 0 Å². The van der Waals surface area contributed by atoms with Crippen molar-refractivity contribution in [2.24, 2.45) is 0 Å². The molecule has 0 fully saturated rings. The second-order valence-corrected chi connectivity index (χ2v) is 2.16. The van der Waals surface area contributed by atoms with Crippen molar-refractivity contribution >= 4 is 0 Å². The fourth-order valence-electron chi connectivity index (χ4n) is 0.856. The molecule has 0 saturated carbocycles. The average Bonchev–Trinajstić information content (AvgIpc) is 2.08. The van der Waals surface area contributed by atoms with E-state index in [9.17, 15) is 10.2 Å². The molecule has 0 saturated heterocycles. The molecular weight excluding hydrogens is 160 g/mol. The highest BCUT2D eigenvalue weighted by molar-refractivity contribution is 5.53. The third-order valence-corrected chi connectivity index (χ3v) is 1.43. The monoisotopic (exact) mass is 168 g/mol. The molecule has 0 atom stereocenters. The van der Waals surface area contributed by atoms with Crippen molar-refractivity contribution < 1.29 is 19.7 Å². The van der Waals surface area contributed by atoms with Crippen LogP contribution in [0.15, 0.2) is 12.1 Å². The standard InChI is InChI=1S/C8H9O4/c1-11-6-3-5(9)4-7(12-2)8(6)10/h3-4,9H,1-2H3/p-1. The van der Waals surface area contributed by atoms with Crippen molar-refractivity contribution in [3.05, 3.63) is 12.1 Å². The third kappa shape index (κ3) is 1.37. The number of methoxy groups -OCH3 is 2. The van der Waals surface area contributed by atoms with Gasteiger partial charge < -0.3 is 14.6 Å². The lowest BCUT2D eigenvalue weighted by atomic mass is 10.3. The summed E-state index contributed by atoms with van der Waals surface area (Å²) in [5.41, 5.74) is 0. The molecular formula is C8H8O4-. The lowest BCUT2D eigenvalue weighted by Crippen LogP contribution is -1.93. The Bertz CT molecular complexity index is 257. The van der Waals surface area contributed by atoms with Crippen molar-refractivity contribution in [2.45, 2.75) is 0 Å². The topological polar surface area (TPSA) is 61.4 Å². The van der Waals surface area contributed by atoms with Crippen LogP contribution in [0.3, 0.4) is 0 Å². The van der Waals surface area contributed by atoms with Gasteiger partial charge in [-0.2, -0.15) is 0 Å². The minimum Gasteiger partial charge on any atom is -0.872 e. The third-order valence-electron chi connectivity index (χ3n) is 1.43. The van der Waals surface area contributed by atoms with Gasteiger partial charge in [-0.15, -0.1) is 5.75 Å². The Balaban J connectivity index is 3.22. The number of rotatable bonds is 2. The molecule has 0 aromatic heterocycles. The van der Waals surface area contributed by atoms with Gasteiger partial charge in [0, 0.05) is 0 Å². The van der Waals surface area contributed by atoms with Crippen LogP contribution in [0, 0.1) is 0 Å². The fourth-order valence-corrected chi connectivity index (χ4v) is 0.856. The number of hydrogen-bond acceptors (Lipinski definition) is 3. The molecule has 4 heteroatoms. The SMILES string of the molecule is COc1cc([O-])cc(OC)c1[O]. The van der Waals surface area contributed by atoms with E-state index in [4.69, 9.17) is 0 Å². The van der Waals surface area contributed by atoms with Crippen molar-refractivity contribution in [2.75, 3.05) is 14.2 Å². The molecule has 1 aromatic carbocycles. The van der Waals surface area contributed by atoms with E-state index >= 15 is 0 Å². The summed E-state index contributed by atoms with van der Waals surface area (Å²) in [7, 11) is 2.66. The van der Waals surface area contributed by atoms with Gasteiger partial charge in [0.05, 0.1) is 14.2 Å². The lowest BCUT2D eigenvalue weighted by molar-refractivity contribution is -0.268. The van der Waals surface area contributed by atoms with Gasteiger partial charge in [-0.05, 0) is 12.1 Å². The zero-order valence-electron chi connectivity index (χ0n) is 6.79. The lowest BCUT2D eigenvalue weighted by Gasteiger charge is -2.11. The van der Waals surface area contributed by atoms with Crippen molar-refractivity contribution in [3.8, 4) is 23.0 Å². The molecule has 0 aliphatic rings. The van der Waals surface area contributed by atoms with Gasteiger partial charge >= 0.3 is 0 Å². The van der Waals surface area contributed by atoms with Crippen LogP contribution in [-0.4, -0.2) is 14.2 Å². The normalized spacial score (nSPS) is 9.50. The summed E-state index contributed by atoms with van der Waals surface area (Å²) < 4.78 is 9.35. The summed E-state index contributed by atoms with van der Waals surface area (Å²) in [5.74, 6) is -0.679. The minimum absolute atomic E-state index is 0.0133. The quantitative estimate of drug-likeness (QED) is 0.659. The van der Waals surface area contributed by atoms with E-state index in [2.05, 4.69) is 9.47 Å². The Morgan fingerprint density at radius 2 is 1.58 bits per heavy atom. The maximum atomic E-state index is 11.2. The molecule has 1 rings (SSSR count). The molecule has 65 valence electrons. The van der Waals surface area contributed by atoms with Crippen LogP contribution in [-0.2, 0) is 5.11 Å². The van der Waals surface area contributed by atoms with Crippen LogP contribution < -0.4 is 14.6 Å². The van der Waals surface area contributed by atoms with Gasteiger partial charge in [-0.1, -0.05) is 0 Å². The van der Waals surface area contributed by atoms with Gasteiger partial charge in [-0.25, -0.2) is 0 Å². The first-order valence-corrected chi connectivity index (χ1v) is 3.29. The van der Waals surface area contributed by atoms with Gasteiger partial charge in [-0.3, -0.25) is 5.11 Å². The van der Waals surface area contributed by atoms with Crippen LogP contribution in [0.2, 0.25) is 0 Å². The van der Waals surface area contributed by atoms with Gasteiger partial charge in [0.25, 0.3) is 5.75 Å². The number of benzene rings is 1. The van der Waals surface area contributed by atoms with E-state index in [0.29, 0.717) is 0 Å². The first-order chi connectivity index (χ1) is 5.69. The van der Waals surface area contributed by atoms with E-state index in [1.807, 2.05) is 0 Å². The number of hydrogen-bond donors (Lipinski definition) is 0. The fraction of sp³-hybridized carbons (Fsp3) is 0.250. The molecule has 0 heterocycles. The maximum absolute atomic E-state index is 11.2. The summed E-state index contributed by atoms with van der Waals surface area (Å²) in [6, 6.07) is 2.26. The molecule has 12 heavy (non-hydrogen) atoms. The molecule has 0 aliphatic carbocycles. The molecule has 1 radical (unpaired) electrons. The minimum atomic E-state index is -0.403. The van der Waals surface area contributed by atoms with Crippen LogP contribution in [0.4, 0.5) is 0 Å². The van der Waals surface area contributed by atoms with Crippen LogP contribution >= 0.6 is 0 Å². The smallest absolute Gasteiger partial charge is 0.261 e. The van der Waals surface area contributed by atoms with Crippen LogP contribution in [0.25, 0.3) is 0 Å². The van der Waals surface area contributed by atoms with Crippen molar-refractivity contribution in [1.29, 1.82) is 0 Å². The molecule has 0 bridgehead atoms. The molecule has 0 unspecified atom stereocenters. The highest BCUT2D eigenvalue weighted by Gasteiger charge is 2.09. The first-order valence-electron chi connectivity index (χ1n) is 3.29. The largest absolute Gasteiger partial charge is 0.872 e. The second kappa shape index (κ2) is 3.21. The Morgan fingerprint density at radius 3 is 1.92 bits per heavy atom. The zero-order chi connectivity index (χ0) is 9.14. The molecule has 0 aliphatic heterocycles. The zero-order valence-corrected chi connectivity index (χ0v) is 6.79. The average molecular weight is 168 g/mol. The van der Waals surface area contributed by atoms with Gasteiger partial charge in [0.2, 0.25) is 0 Å². The Kier molecular flexibility index (Phi) is 2.28. The Morgan fingerprint density at radius 1 is 1.17 bits per heavy atom. The Labute approximate surface area is 70.0 Å². The van der Waals surface area contributed by atoms with Crippen molar-refractivity contribution in [1.82, 2.24) is 0 Å². The maximum Gasteiger partial charge on any atom is 0.261 e.